The van der Waals surface area contributed by atoms with Gasteiger partial charge in [0.2, 0.25) is 5.91 Å². The molecule has 122 valence electrons. The molecule has 2 aromatic rings. The van der Waals surface area contributed by atoms with Crippen LogP contribution in [0, 0.1) is 0 Å². The quantitative estimate of drug-likeness (QED) is 0.719. The molecule has 0 spiro atoms. The van der Waals surface area contributed by atoms with Crippen molar-refractivity contribution in [2.24, 2.45) is 0 Å². The molecule has 0 aliphatic heterocycles. The Hall–Kier alpha value is -2.54. The van der Waals surface area contributed by atoms with Gasteiger partial charge in [0.05, 0.1) is 17.4 Å². The Balaban J connectivity index is 0.00000192. The number of hydrogen-bond acceptors (Lipinski definition) is 4. The van der Waals surface area contributed by atoms with Crippen LogP contribution in [-0.2, 0) is 11.3 Å². The maximum Gasteiger partial charge on any atom is 0.257 e. The van der Waals surface area contributed by atoms with Gasteiger partial charge in [0.25, 0.3) is 5.91 Å². The Morgan fingerprint density at radius 1 is 1.30 bits per heavy atom. The second-order valence-electron chi connectivity index (χ2n) is 5.31. The molecule has 1 aliphatic rings. The summed E-state index contributed by atoms with van der Waals surface area (Å²) in [4.78, 5) is 23.8. The van der Waals surface area contributed by atoms with Gasteiger partial charge in [-0.15, -0.1) is 12.4 Å². The van der Waals surface area contributed by atoms with Crippen LogP contribution >= 0.6 is 12.4 Å². The number of carbonyl (C=O) groups excluding carboxylic acids is 2. The summed E-state index contributed by atoms with van der Waals surface area (Å²) in [7, 11) is 0. The number of nitrogens with one attached hydrogen (secondary N) is 2. The maximum absolute atomic E-state index is 12.1. The summed E-state index contributed by atoms with van der Waals surface area (Å²) < 4.78 is 1.49. The number of nitrogens with zero attached hydrogens (tertiary/aromatic N) is 2. The van der Waals surface area contributed by atoms with Crippen LogP contribution in [0.1, 0.15) is 23.2 Å². The first kappa shape index (κ1) is 16.8. The van der Waals surface area contributed by atoms with Crippen LogP contribution in [0.2, 0.25) is 0 Å². The first-order chi connectivity index (χ1) is 10.6. The summed E-state index contributed by atoms with van der Waals surface area (Å²) in [6.45, 7) is 0.139. The van der Waals surface area contributed by atoms with E-state index >= 15 is 0 Å². The number of nitrogens with two attached hydrogens (primary N) is 1. The first-order valence-electron chi connectivity index (χ1n) is 7.09. The smallest absolute Gasteiger partial charge is 0.257 e. The Bertz CT molecular complexity index is 711. The maximum atomic E-state index is 12.1. The molecule has 1 heterocycles. The highest BCUT2D eigenvalue weighted by Gasteiger charge is 2.23. The van der Waals surface area contributed by atoms with Gasteiger partial charge in [0, 0.05) is 17.9 Å². The number of rotatable bonds is 5. The van der Waals surface area contributed by atoms with E-state index in [0.29, 0.717) is 23.0 Å². The van der Waals surface area contributed by atoms with Crippen molar-refractivity contribution in [3.63, 3.8) is 0 Å². The van der Waals surface area contributed by atoms with Gasteiger partial charge in [0.15, 0.2) is 0 Å². The van der Waals surface area contributed by atoms with E-state index in [1.54, 1.807) is 30.5 Å². The zero-order chi connectivity index (χ0) is 15.5. The van der Waals surface area contributed by atoms with Crippen LogP contribution in [0.4, 0.5) is 11.4 Å². The largest absolute Gasteiger partial charge is 0.398 e. The molecule has 0 bridgehead atoms. The topological polar surface area (TPSA) is 102 Å². The first-order valence-corrected chi connectivity index (χ1v) is 7.09. The fourth-order valence-corrected chi connectivity index (χ4v) is 2.06. The third kappa shape index (κ3) is 4.46. The second-order valence-corrected chi connectivity index (χ2v) is 5.31. The average molecular weight is 336 g/mol. The minimum absolute atomic E-state index is 0. The molecule has 8 heteroatoms. The van der Waals surface area contributed by atoms with Crippen molar-refractivity contribution in [3.8, 4) is 0 Å². The minimum Gasteiger partial charge on any atom is -0.398 e. The lowest BCUT2D eigenvalue weighted by molar-refractivity contribution is -0.122. The van der Waals surface area contributed by atoms with Gasteiger partial charge in [-0.1, -0.05) is 12.1 Å². The third-order valence-corrected chi connectivity index (χ3v) is 3.34. The number of anilines is 2. The molecular weight excluding hydrogens is 318 g/mol. The number of carbonyl (C=O) groups is 2. The van der Waals surface area contributed by atoms with Gasteiger partial charge in [-0.3, -0.25) is 14.3 Å². The predicted octanol–water partition coefficient (Wildman–Crippen LogP) is 1.42. The van der Waals surface area contributed by atoms with E-state index in [1.165, 1.54) is 10.9 Å². The van der Waals surface area contributed by atoms with E-state index in [2.05, 4.69) is 15.7 Å². The lowest BCUT2D eigenvalue weighted by atomic mass is 10.1. The lowest BCUT2D eigenvalue weighted by Crippen LogP contribution is -2.29. The number of halogens is 1. The van der Waals surface area contributed by atoms with Gasteiger partial charge in [0.1, 0.15) is 6.54 Å². The average Bonchev–Trinajstić information content (AvgIpc) is 3.18. The van der Waals surface area contributed by atoms with Gasteiger partial charge in [-0.2, -0.15) is 5.10 Å². The highest BCUT2D eigenvalue weighted by atomic mass is 35.5. The summed E-state index contributed by atoms with van der Waals surface area (Å²) in [5, 5.41) is 9.66. The number of para-hydroxylation sites is 1. The molecule has 1 aliphatic carbocycles. The molecular formula is C15H18ClN5O2. The molecule has 0 saturated heterocycles. The summed E-state index contributed by atoms with van der Waals surface area (Å²) in [5.41, 5.74) is 7.10. The van der Waals surface area contributed by atoms with Gasteiger partial charge < -0.3 is 16.4 Å². The lowest BCUT2D eigenvalue weighted by Gasteiger charge is -2.05. The van der Waals surface area contributed by atoms with E-state index < -0.39 is 0 Å². The highest BCUT2D eigenvalue weighted by molar-refractivity contribution is 6.07. The van der Waals surface area contributed by atoms with Crippen molar-refractivity contribution in [2.45, 2.75) is 25.4 Å². The summed E-state index contributed by atoms with van der Waals surface area (Å²) in [6.07, 6.45) is 5.21. The molecule has 4 N–H and O–H groups in total. The number of hydrogen-bond donors (Lipinski definition) is 3. The molecule has 1 aromatic heterocycles. The van der Waals surface area contributed by atoms with Crippen LogP contribution in [0.3, 0.4) is 0 Å². The fourth-order valence-electron chi connectivity index (χ4n) is 2.06. The molecule has 7 nitrogen and oxygen atoms in total. The van der Waals surface area contributed by atoms with Crippen LogP contribution in [-0.4, -0.2) is 27.6 Å². The highest BCUT2D eigenvalue weighted by Crippen LogP contribution is 2.18. The zero-order valence-electron chi connectivity index (χ0n) is 12.4. The number of nitrogen functional groups attached to an aromatic ring is 1. The number of benzene rings is 1. The fraction of sp³-hybridized carbons (Fsp3) is 0.267. The van der Waals surface area contributed by atoms with Crippen LogP contribution in [0.25, 0.3) is 0 Å². The van der Waals surface area contributed by atoms with Crippen molar-refractivity contribution in [2.75, 3.05) is 11.1 Å². The minimum atomic E-state index is -0.305. The molecule has 1 fully saturated rings. The molecule has 0 atom stereocenters. The van der Waals surface area contributed by atoms with Gasteiger partial charge in [-0.05, 0) is 25.0 Å². The van der Waals surface area contributed by atoms with Crippen LogP contribution in [0.5, 0.6) is 0 Å². The van der Waals surface area contributed by atoms with E-state index in [9.17, 15) is 9.59 Å². The molecule has 0 unspecified atom stereocenters. The molecule has 3 rings (SSSR count). The summed E-state index contributed by atoms with van der Waals surface area (Å²) >= 11 is 0. The van der Waals surface area contributed by atoms with Crippen molar-refractivity contribution < 1.29 is 9.59 Å². The van der Waals surface area contributed by atoms with Crippen molar-refractivity contribution in [1.29, 1.82) is 0 Å². The Morgan fingerprint density at radius 2 is 2.04 bits per heavy atom. The SMILES string of the molecule is Cl.Nc1ccccc1C(=O)Nc1cnn(CC(=O)NC2CC2)c1. The van der Waals surface area contributed by atoms with E-state index in [-0.39, 0.29) is 30.8 Å². The molecule has 1 saturated carbocycles. The van der Waals surface area contributed by atoms with Crippen LogP contribution < -0.4 is 16.4 Å². The van der Waals surface area contributed by atoms with E-state index in [0.717, 1.165) is 12.8 Å². The molecule has 23 heavy (non-hydrogen) atoms. The molecule has 0 radical (unpaired) electrons. The Kier molecular flexibility index (Phi) is 5.23. The third-order valence-electron chi connectivity index (χ3n) is 3.34. The predicted molar refractivity (Wildman–Crippen MR) is 89.4 cm³/mol. The monoisotopic (exact) mass is 335 g/mol. The normalized spacial score (nSPS) is 13.0. The molecule has 2 amide bonds. The zero-order valence-corrected chi connectivity index (χ0v) is 13.2. The second kappa shape index (κ2) is 7.15. The van der Waals surface area contributed by atoms with Crippen LogP contribution in [0.15, 0.2) is 36.7 Å². The Labute approximate surface area is 139 Å². The standard InChI is InChI=1S/C15H17N5O2.ClH/c16-13-4-2-1-3-12(13)15(22)19-11-7-17-20(8-11)9-14(21)18-10-5-6-10;/h1-4,7-8,10H,5-6,9,16H2,(H,18,21)(H,19,22);1H. The van der Waals surface area contributed by atoms with E-state index in [4.69, 9.17) is 5.73 Å². The van der Waals surface area contributed by atoms with Crippen molar-refractivity contribution in [1.82, 2.24) is 15.1 Å². The number of amides is 2. The Morgan fingerprint density at radius 3 is 2.74 bits per heavy atom. The number of aromatic nitrogens is 2. The summed E-state index contributed by atoms with van der Waals surface area (Å²) in [5.74, 6) is -0.379. The van der Waals surface area contributed by atoms with Crippen molar-refractivity contribution in [3.05, 3.63) is 42.2 Å². The summed E-state index contributed by atoms with van der Waals surface area (Å²) in [6, 6.07) is 7.15. The van der Waals surface area contributed by atoms with Gasteiger partial charge in [-0.25, -0.2) is 0 Å². The molecule has 1 aromatic carbocycles. The van der Waals surface area contributed by atoms with Gasteiger partial charge >= 0.3 is 0 Å². The van der Waals surface area contributed by atoms with Crippen molar-refractivity contribution >= 4 is 35.6 Å². The van der Waals surface area contributed by atoms with E-state index in [1.807, 2.05) is 0 Å².